The van der Waals surface area contributed by atoms with Crippen LogP contribution in [0.15, 0.2) is 59.7 Å². The van der Waals surface area contributed by atoms with Crippen LogP contribution < -0.4 is 10.3 Å². The number of benzene rings is 1. The third-order valence-corrected chi connectivity index (χ3v) is 4.55. The number of Topliss-reactive ketones (excluding diaryl/α,β-unsaturated/α-hetero) is 1. The van der Waals surface area contributed by atoms with Crippen molar-refractivity contribution in [2.75, 3.05) is 0 Å². The Kier molecular flexibility index (Phi) is 6.56. The zero-order valence-electron chi connectivity index (χ0n) is 16.3. The predicted molar refractivity (Wildman–Crippen MR) is 100 cm³/mol. The quantitative estimate of drug-likeness (QED) is 0.392. The summed E-state index contributed by atoms with van der Waals surface area (Å²) in [4.78, 5) is 29.9. The second-order valence-corrected chi connectivity index (χ2v) is 6.79. The molecule has 174 valence electrons. The van der Waals surface area contributed by atoms with Crippen LogP contribution in [0.1, 0.15) is 39.5 Å². The minimum Gasteiger partial charge on any atom is -0.403 e. The van der Waals surface area contributed by atoms with Gasteiger partial charge in [0.15, 0.2) is 17.3 Å². The monoisotopic (exact) mass is 474 g/mol. The van der Waals surface area contributed by atoms with E-state index in [9.17, 15) is 40.3 Å². The molecule has 0 saturated heterocycles. The second kappa shape index (κ2) is 9.04. The highest BCUT2D eigenvalue weighted by molar-refractivity contribution is 5.96. The maximum absolute atomic E-state index is 14.3. The molecule has 0 aliphatic rings. The average molecular weight is 474 g/mol. The van der Waals surface area contributed by atoms with Gasteiger partial charge in [-0.25, -0.2) is 4.39 Å². The minimum absolute atomic E-state index is 0.0402. The Bertz CT molecular complexity index is 1200. The summed E-state index contributed by atoms with van der Waals surface area (Å²) in [7, 11) is 0. The topological polar surface area (TPSA) is 72.0 Å². The van der Waals surface area contributed by atoms with Crippen LogP contribution in [-0.2, 0) is 6.18 Å². The number of alkyl halides is 6. The van der Waals surface area contributed by atoms with Crippen LogP contribution in [0.2, 0.25) is 0 Å². The Labute approximate surface area is 180 Å². The van der Waals surface area contributed by atoms with Crippen molar-refractivity contribution in [2.24, 2.45) is 0 Å². The summed E-state index contributed by atoms with van der Waals surface area (Å²) in [5.41, 5.74) is -2.60. The van der Waals surface area contributed by atoms with Gasteiger partial charge >= 0.3 is 12.5 Å². The van der Waals surface area contributed by atoms with Crippen molar-refractivity contribution in [3.8, 4) is 5.75 Å². The number of aromatic amines is 1. The van der Waals surface area contributed by atoms with Gasteiger partial charge in [0.25, 0.3) is 0 Å². The number of H-pyrrole nitrogens is 1. The van der Waals surface area contributed by atoms with Crippen LogP contribution in [0, 0.1) is 5.82 Å². The molecule has 0 aliphatic heterocycles. The molecular weight excluding hydrogens is 461 g/mol. The van der Waals surface area contributed by atoms with E-state index in [1.54, 1.807) is 0 Å². The van der Waals surface area contributed by atoms with Gasteiger partial charge < -0.3 is 9.72 Å². The Morgan fingerprint density at radius 2 is 1.79 bits per heavy atom. The number of rotatable bonds is 6. The third-order valence-electron chi connectivity index (χ3n) is 4.55. The molecule has 0 fully saturated rings. The number of hydrogen-bond donors (Lipinski definition) is 1. The van der Waals surface area contributed by atoms with E-state index < -0.39 is 59.0 Å². The lowest BCUT2D eigenvalue weighted by atomic mass is 9.86. The lowest BCUT2D eigenvalue weighted by Gasteiger charge is -2.21. The van der Waals surface area contributed by atoms with Crippen LogP contribution >= 0.6 is 0 Å². The van der Waals surface area contributed by atoms with E-state index in [-0.39, 0.29) is 11.1 Å². The van der Waals surface area contributed by atoms with Crippen molar-refractivity contribution < 1.29 is 40.3 Å². The van der Waals surface area contributed by atoms with Gasteiger partial charge in [0.1, 0.15) is 0 Å². The smallest absolute Gasteiger partial charge is 0.403 e. The molecule has 0 bridgehead atoms. The van der Waals surface area contributed by atoms with Crippen molar-refractivity contribution in [3.05, 3.63) is 93.4 Å². The third kappa shape index (κ3) is 5.96. The van der Waals surface area contributed by atoms with Crippen molar-refractivity contribution in [3.63, 3.8) is 0 Å². The van der Waals surface area contributed by atoms with E-state index in [4.69, 9.17) is 0 Å². The Hall–Kier alpha value is -3.70. The molecule has 0 unspecified atom stereocenters. The minimum atomic E-state index is -5.19. The first kappa shape index (κ1) is 24.0. The lowest BCUT2D eigenvalue weighted by molar-refractivity contribution is -0.275. The van der Waals surface area contributed by atoms with Gasteiger partial charge in [0, 0.05) is 36.4 Å². The van der Waals surface area contributed by atoms with Gasteiger partial charge in [-0.1, -0.05) is 6.07 Å². The lowest BCUT2D eigenvalue weighted by Crippen LogP contribution is -2.19. The molecule has 33 heavy (non-hydrogen) atoms. The van der Waals surface area contributed by atoms with Crippen molar-refractivity contribution in [2.45, 2.75) is 24.9 Å². The summed E-state index contributed by atoms with van der Waals surface area (Å²) in [5.74, 6) is -4.87. The molecule has 0 saturated carbocycles. The normalized spacial score (nSPS) is 12.9. The second-order valence-electron chi connectivity index (χ2n) is 6.79. The summed E-state index contributed by atoms with van der Waals surface area (Å²) < 4.78 is 95.8. The SMILES string of the molecule is O=C(C[C@@H](c1ccc(OC(F)(F)F)c(F)c1)c1ncccc1C(F)(F)F)c1ccc(=O)[nH]c1. The van der Waals surface area contributed by atoms with E-state index in [2.05, 4.69) is 14.7 Å². The molecule has 2 aromatic heterocycles. The number of nitrogens with one attached hydrogen (secondary N) is 1. The Morgan fingerprint density at radius 3 is 2.36 bits per heavy atom. The molecule has 0 amide bonds. The van der Waals surface area contributed by atoms with Crippen LogP contribution in [0.25, 0.3) is 0 Å². The number of carbonyl (C=O) groups excluding carboxylic acids is 1. The molecule has 1 N–H and O–H groups in total. The molecule has 2 heterocycles. The van der Waals surface area contributed by atoms with E-state index in [1.165, 1.54) is 0 Å². The van der Waals surface area contributed by atoms with Crippen LogP contribution in [0.5, 0.6) is 5.75 Å². The summed E-state index contributed by atoms with van der Waals surface area (Å²) >= 11 is 0. The zero-order valence-corrected chi connectivity index (χ0v) is 16.3. The van der Waals surface area contributed by atoms with Gasteiger partial charge in [0.05, 0.1) is 11.3 Å². The maximum Gasteiger partial charge on any atom is 0.573 e. The molecule has 12 heteroatoms. The van der Waals surface area contributed by atoms with E-state index >= 15 is 0 Å². The van der Waals surface area contributed by atoms with Crippen LogP contribution in [0.3, 0.4) is 0 Å². The van der Waals surface area contributed by atoms with E-state index in [0.717, 1.165) is 42.7 Å². The summed E-state index contributed by atoms with van der Waals surface area (Å²) in [5, 5.41) is 0. The van der Waals surface area contributed by atoms with Crippen molar-refractivity contribution >= 4 is 5.78 Å². The standard InChI is InChI=1S/C21H13F7N2O3/c22-15-8-11(3-5-17(15)33-21(26,27)28)13(9-16(31)12-4-6-18(32)30-10-12)19-14(20(23,24)25)2-1-7-29-19/h1-8,10,13H,9H2,(H,30,32)/t13-/m0/s1. The van der Waals surface area contributed by atoms with Crippen molar-refractivity contribution in [1.29, 1.82) is 0 Å². The first-order chi connectivity index (χ1) is 15.3. The first-order valence-corrected chi connectivity index (χ1v) is 9.14. The molecule has 5 nitrogen and oxygen atoms in total. The largest absolute Gasteiger partial charge is 0.573 e. The fourth-order valence-electron chi connectivity index (χ4n) is 3.14. The number of aromatic nitrogens is 2. The van der Waals surface area contributed by atoms with Gasteiger partial charge in [0.2, 0.25) is 5.56 Å². The molecular formula is C21H13F7N2O3. The Balaban J connectivity index is 2.08. The predicted octanol–water partition coefficient (Wildman–Crippen LogP) is 5.23. The highest BCUT2D eigenvalue weighted by Gasteiger charge is 2.37. The number of hydrogen-bond acceptors (Lipinski definition) is 4. The van der Waals surface area contributed by atoms with Gasteiger partial charge in [-0.2, -0.15) is 13.2 Å². The fraction of sp³-hybridized carbons (Fsp3) is 0.190. The molecule has 1 atom stereocenters. The maximum atomic E-state index is 14.3. The first-order valence-electron chi connectivity index (χ1n) is 9.14. The zero-order chi connectivity index (χ0) is 24.4. The van der Waals surface area contributed by atoms with E-state index in [0.29, 0.717) is 12.1 Å². The summed E-state index contributed by atoms with van der Waals surface area (Å²) in [6.07, 6.45) is -8.61. The van der Waals surface area contributed by atoms with Crippen molar-refractivity contribution in [1.82, 2.24) is 9.97 Å². The molecule has 0 spiro atoms. The number of ether oxygens (including phenoxy) is 1. The molecule has 3 aromatic rings. The number of pyridine rings is 2. The van der Waals surface area contributed by atoms with Crippen LogP contribution in [-0.4, -0.2) is 22.1 Å². The number of carbonyl (C=O) groups is 1. The highest BCUT2D eigenvalue weighted by atomic mass is 19.4. The Morgan fingerprint density at radius 1 is 1.06 bits per heavy atom. The van der Waals surface area contributed by atoms with Gasteiger partial charge in [-0.05, 0) is 35.9 Å². The highest BCUT2D eigenvalue weighted by Crippen LogP contribution is 2.39. The fourth-order valence-corrected chi connectivity index (χ4v) is 3.14. The number of nitrogens with zero attached hydrogens (tertiary/aromatic N) is 1. The van der Waals surface area contributed by atoms with Gasteiger partial charge in [-0.15, -0.1) is 13.2 Å². The summed E-state index contributed by atoms with van der Waals surface area (Å²) in [6.45, 7) is 0. The van der Waals surface area contributed by atoms with Gasteiger partial charge in [-0.3, -0.25) is 14.6 Å². The van der Waals surface area contributed by atoms with E-state index in [1.807, 2.05) is 0 Å². The average Bonchev–Trinajstić information content (AvgIpc) is 2.72. The molecule has 3 rings (SSSR count). The summed E-state index contributed by atoms with van der Waals surface area (Å²) in [6, 6.07) is 6.01. The molecule has 1 aromatic carbocycles. The number of halogens is 7. The van der Waals surface area contributed by atoms with Crippen LogP contribution in [0.4, 0.5) is 30.7 Å². The molecule has 0 aliphatic carbocycles. The molecule has 0 radical (unpaired) electrons. The number of ketones is 1.